The summed E-state index contributed by atoms with van der Waals surface area (Å²) in [5, 5.41) is 19.8. The highest BCUT2D eigenvalue weighted by atomic mass is 35.5. The van der Waals surface area contributed by atoms with Crippen molar-refractivity contribution < 1.29 is 10.0 Å². The van der Waals surface area contributed by atoms with Crippen molar-refractivity contribution in [3.05, 3.63) is 21.6 Å². The second-order valence-corrected chi connectivity index (χ2v) is 4.02. The summed E-state index contributed by atoms with van der Waals surface area (Å²) in [6, 6.07) is 0. The Morgan fingerprint density at radius 2 is 2.22 bits per heavy atom. The Morgan fingerprint density at radius 3 is 2.78 bits per heavy atom. The highest BCUT2D eigenvalue weighted by Crippen LogP contribution is 2.31. The third kappa shape index (κ3) is 3.51. The molecule has 1 heterocycles. The Morgan fingerprint density at radius 1 is 1.50 bits per heavy atom. The molecule has 0 aliphatic rings. The van der Waals surface area contributed by atoms with Crippen molar-refractivity contribution in [2.24, 2.45) is 0 Å². The third-order valence-corrected chi connectivity index (χ3v) is 2.67. The maximum absolute atomic E-state index is 11.0. The monoisotopic (exact) mass is 274 g/mol. The summed E-state index contributed by atoms with van der Waals surface area (Å²) in [7, 11) is 0. The second kappa shape index (κ2) is 7.07. The van der Waals surface area contributed by atoms with E-state index >= 15 is 0 Å². The van der Waals surface area contributed by atoms with Gasteiger partial charge in [-0.1, -0.05) is 24.9 Å². The predicted octanol–water partition coefficient (Wildman–Crippen LogP) is 1.64. The quantitative estimate of drug-likeness (QED) is 0.461. The first kappa shape index (κ1) is 14.6. The average molecular weight is 275 g/mol. The number of unbranched alkanes of at least 4 members (excludes halogenated alkanes) is 1. The fourth-order valence-corrected chi connectivity index (χ4v) is 1.73. The van der Waals surface area contributed by atoms with Crippen molar-refractivity contribution >= 4 is 23.1 Å². The van der Waals surface area contributed by atoms with Crippen molar-refractivity contribution in [1.82, 2.24) is 9.97 Å². The third-order valence-electron chi connectivity index (χ3n) is 2.39. The van der Waals surface area contributed by atoms with Crippen LogP contribution < -0.4 is 4.90 Å². The van der Waals surface area contributed by atoms with E-state index in [1.54, 1.807) is 4.90 Å². The zero-order chi connectivity index (χ0) is 13.5. The number of hydrogen-bond donors (Lipinski definition) is 1. The number of aromatic nitrogens is 2. The predicted molar refractivity (Wildman–Crippen MR) is 67.9 cm³/mol. The normalized spacial score (nSPS) is 10.4. The number of nitro groups is 1. The number of aliphatic hydroxyl groups excluding tert-OH is 1. The standard InChI is InChI=1S/C10H15ClN4O3/c1-2-3-4-14(5-6-16)10-8(15(17)18)9(11)12-7-13-10/h7,16H,2-6H2,1H3. The first-order valence-electron chi connectivity index (χ1n) is 5.62. The highest BCUT2D eigenvalue weighted by molar-refractivity contribution is 6.31. The van der Waals surface area contributed by atoms with Crippen LogP contribution in [-0.2, 0) is 0 Å². The molecule has 1 rings (SSSR count). The van der Waals surface area contributed by atoms with E-state index < -0.39 is 4.92 Å². The molecule has 0 atom stereocenters. The van der Waals surface area contributed by atoms with Gasteiger partial charge in [0.15, 0.2) is 0 Å². The summed E-state index contributed by atoms with van der Waals surface area (Å²) in [6.45, 7) is 2.75. The van der Waals surface area contributed by atoms with E-state index in [1.807, 2.05) is 6.92 Å². The molecule has 0 amide bonds. The molecule has 0 aliphatic heterocycles. The van der Waals surface area contributed by atoms with Gasteiger partial charge in [-0.3, -0.25) is 10.1 Å². The van der Waals surface area contributed by atoms with E-state index in [-0.39, 0.29) is 29.8 Å². The summed E-state index contributed by atoms with van der Waals surface area (Å²) >= 11 is 5.72. The van der Waals surface area contributed by atoms with E-state index in [1.165, 1.54) is 6.33 Å². The summed E-state index contributed by atoms with van der Waals surface area (Å²) in [5.74, 6) is 0.155. The molecule has 0 aliphatic carbocycles. The van der Waals surface area contributed by atoms with E-state index in [9.17, 15) is 10.1 Å². The first-order chi connectivity index (χ1) is 8.61. The van der Waals surface area contributed by atoms with E-state index in [0.717, 1.165) is 12.8 Å². The lowest BCUT2D eigenvalue weighted by molar-refractivity contribution is -0.384. The molecule has 1 N–H and O–H groups in total. The molecule has 0 unspecified atom stereocenters. The Labute approximate surface area is 110 Å². The van der Waals surface area contributed by atoms with Crippen LogP contribution in [0.4, 0.5) is 11.5 Å². The minimum Gasteiger partial charge on any atom is -0.395 e. The summed E-state index contributed by atoms with van der Waals surface area (Å²) in [4.78, 5) is 19.5. The van der Waals surface area contributed by atoms with Crippen molar-refractivity contribution in [3.63, 3.8) is 0 Å². The molecule has 0 spiro atoms. The number of hydrogen-bond acceptors (Lipinski definition) is 6. The molecular formula is C10H15ClN4O3. The van der Waals surface area contributed by atoms with E-state index in [4.69, 9.17) is 16.7 Å². The molecule has 100 valence electrons. The molecule has 1 aromatic heterocycles. The van der Waals surface area contributed by atoms with Gasteiger partial charge in [-0.25, -0.2) is 9.97 Å². The molecule has 0 aromatic carbocycles. The maximum atomic E-state index is 11.0. The van der Waals surface area contributed by atoms with E-state index in [0.29, 0.717) is 6.54 Å². The van der Waals surface area contributed by atoms with Crippen LogP contribution in [0.1, 0.15) is 19.8 Å². The van der Waals surface area contributed by atoms with Gasteiger partial charge in [-0.2, -0.15) is 0 Å². The van der Waals surface area contributed by atoms with Crippen molar-refractivity contribution in [3.8, 4) is 0 Å². The van der Waals surface area contributed by atoms with Crippen LogP contribution in [0.2, 0.25) is 5.15 Å². The summed E-state index contributed by atoms with van der Waals surface area (Å²) in [6.07, 6.45) is 2.97. The van der Waals surface area contributed by atoms with Gasteiger partial charge in [-0.15, -0.1) is 0 Å². The van der Waals surface area contributed by atoms with E-state index in [2.05, 4.69) is 9.97 Å². The van der Waals surface area contributed by atoms with Crippen LogP contribution in [0.15, 0.2) is 6.33 Å². The molecule has 0 fully saturated rings. The van der Waals surface area contributed by atoms with Crippen LogP contribution in [0, 0.1) is 10.1 Å². The van der Waals surface area contributed by atoms with Crippen LogP contribution in [0.25, 0.3) is 0 Å². The van der Waals surface area contributed by atoms with Crippen LogP contribution >= 0.6 is 11.6 Å². The van der Waals surface area contributed by atoms with Gasteiger partial charge in [0.1, 0.15) is 6.33 Å². The molecule has 0 radical (unpaired) electrons. The fraction of sp³-hybridized carbons (Fsp3) is 0.600. The smallest absolute Gasteiger partial charge is 0.348 e. The summed E-state index contributed by atoms with van der Waals surface area (Å²) < 4.78 is 0. The Hall–Kier alpha value is -1.47. The van der Waals surface area contributed by atoms with Gasteiger partial charge in [-0.05, 0) is 6.42 Å². The molecule has 18 heavy (non-hydrogen) atoms. The van der Waals surface area contributed by atoms with Crippen molar-refractivity contribution in [2.45, 2.75) is 19.8 Å². The largest absolute Gasteiger partial charge is 0.395 e. The molecule has 1 aromatic rings. The van der Waals surface area contributed by atoms with Gasteiger partial charge in [0.05, 0.1) is 11.5 Å². The molecule has 0 bridgehead atoms. The minimum absolute atomic E-state index is 0.109. The average Bonchev–Trinajstić information content (AvgIpc) is 2.33. The second-order valence-electron chi connectivity index (χ2n) is 3.66. The molecule has 0 saturated carbocycles. The topological polar surface area (TPSA) is 92.4 Å². The number of halogens is 1. The lowest BCUT2D eigenvalue weighted by Crippen LogP contribution is -2.29. The lowest BCUT2D eigenvalue weighted by Gasteiger charge is -2.21. The van der Waals surface area contributed by atoms with Crippen LogP contribution in [-0.4, -0.2) is 39.7 Å². The van der Waals surface area contributed by atoms with Crippen LogP contribution in [0.3, 0.4) is 0 Å². The molecular weight excluding hydrogens is 260 g/mol. The van der Waals surface area contributed by atoms with Gasteiger partial charge in [0.25, 0.3) is 0 Å². The number of aliphatic hydroxyl groups is 1. The highest BCUT2D eigenvalue weighted by Gasteiger charge is 2.25. The van der Waals surface area contributed by atoms with Gasteiger partial charge >= 0.3 is 5.69 Å². The fourth-order valence-electron chi connectivity index (χ4n) is 1.53. The molecule has 0 saturated heterocycles. The van der Waals surface area contributed by atoms with Crippen molar-refractivity contribution in [2.75, 3.05) is 24.6 Å². The Balaban J connectivity index is 3.10. The Bertz CT molecular complexity index is 416. The maximum Gasteiger partial charge on any atom is 0.348 e. The van der Waals surface area contributed by atoms with Crippen LogP contribution in [0.5, 0.6) is 0 Å². The number of anilines is 1. The SMILES string of the molecule is CCCCN(CCO)c1ncnc(Cl)c1[N+](=O)[O-]. The molecule has 8 heteroatoms. The molecule has 7 nitrogen and oxygen atoms in total. The summed E-state index contributed by atoms with van der Waals surface area (Å²) in [5.41, 5.74) is -0.316. The first-order valence-corrected chi connectivity index (χ1v) is 6.00. The van der Waals surface area contributed by atoms with Gasteiger partial charge in [0.2, 0.25) is 11.0 Å². The zero-order valence-corrected chi connectivity index (χ0v) is 10.8. The van der Waals surface area contributed by atoms with Crippen molar-refractivity contribution in [1.29, 1.82) is 0 Å². The van der Waals surface area contributed by atoms with Gasteiger partial charge in [0, 0.05) is 13.1 Å². The lowest BCUT2D eigenvalue weighted by atomic mass is 10.3. The number of rotatable bonds is 7. The zero-order valence-electron chi connectivity index (χ0n) is 10.0. The van der Waals surface area contributed by atoms with Gasteiger partial charge < -0.3 is 10.0 Å². The number of nitrogens with zero attached hydrogens (tertiary/aromatic N) is 4. The minimum atomic E-state index is -0.603. The Kier molecular flexibility index (Phi) is 5.73.